The molecule has 0 fully saturated rings. The normalized spacial score (nSPS) is 9.95. The predicted octanol–water partition coefficient (Wildman–Crippen LogP) is 3.13. The van der Waals surface area contributed by atoms with Crippen LogP contribution in [0.5, 0.6) is 5.75 Å². The maximum absolute atomic E-state index is 10.7. The topological polar surface area (TPSA) is 77.3 Å². The Kier molecular flexibility index (Phi) is 3.92. The summed E-state index contributed by atoms with van der Waals surface area (Å²) in [6.45, 7) is 2.43. The highest BCUT2D eigenvalue weighted by Gasteiger charge is 2.08. The number of nitro groups is 1. The van der Waals surface area contributed by atoms with Gasteiger partial charge in [0.2, 0.25) is 0 Å². The summed E-state index contributed by atoms with van der Waals surface area (Å²) >= 11 is 0. The van der Waals surface area contributed by atoms with E-state index in [9.17, 15) is 10.1 Å². The van der Waals surface area contributed by atoms with E-state index in [1.165, 1.54) is 18.3 Å². The summed E-state index contributed by atoms with van der Waals surface area (Å²) in [5.41, 5.74) is 0.712. The predicted molar refractivity (Wildman–Crippen MR) is 71.8 cm³/mol. The molecule has 0 aliphatic carbocycles. The van der Waals surface area contributed by atoms with Gasteiger partial charge in [0.25, 0.3) is 5.69 Å². The highest BCUT2D eigenvalue weighted by atomic mass is 16.6. The second kappa shape index (κ2) is 5.81. The minimum absolute atomic E-state index is 0.00797. The van der Waals surface area contributed by atoms with Gasteiger partial charge in [0, 0.05) is 12.3 Å². The largest absolute Gasteiger partial charge is 0.492 e. The van der Waals surface area contributed by atoms with Gasteiger partial charge < -0.3 is 10.1 Å². The lowest BCUT2D eigenvalue weighted by atomic mass is 10.3. The average molecular weight is 259 g/mol. The van der Waals surface area contributed by atoms with Gasteiger partial charge in [-0.25, -0.2) is 4.98 Å². The SMILES string of the molecule is CCOc1ccccc1Nc1cc([N+](=O)[O-])ccn1. The van der Waals surface area contributed by atoms with Crippen LogP contribution in [0, 0.1) is 10.1 Å². The summed E-state index contributed by atoms with van der Waals surface area (Å²) in [5.74, 6) is 1.08. The molecule has 0 unspecified atom stereocenters. The zero-order valence-electron chi connectivity index (χ0n) is 10.4. The number of aromatic nitrogens is 1. The maximum atomic E-state index is 10.7. The summed E-state index contributed by atoms with van der Waals surface area (Å²) < 4.78 is 5.46. The first-order valence-electron chi connectivity index (χ1n) is 5.80. The van der Waals surface area contributed by atoms with E-state index < -0.39 is 4.92 Å². The number of hydrogen-bond acceptors (Lipinski definition) is 5. The summed E-state index contributed by atoms with van der Waals surface area (Å²) in [5, 5.41) is 13.7. The minimum atomic E-state index is -0.457. The molecule has 0 saturated heterocycles. The van der Waals surface area contributed by atoms with Crippen LogP contribution >= 0.6 is 0 Å². The van der Waals surface area contributed by atoms with Gasteiger partial charge in [-0.3, -0.25) is 10.1 Å². The Morgan fingerprint density at radius 3 is 2.89 bits per heavy atom. The molecule has 1 heterocycles. The molecule has 0 radical (unpaired) electrons. The van der Waals surface area contributed by atoms with Gasteiger partial charge in [-0.1, -0.05) is 12.1 Å². The molecule has 6 heteroatoms. The minimum Gasteiger partial charge on any atom is -0.492 e. The first kappa shape index (κ1) is 12.8. The van der Waals surface area contributed by atoms with Crippen molar-refractivity contribution in [3.8, 4) is 5.75 Å². The molecule has 98 valence electrons. The highest BCUT2D eigenvalue weighted by molar-refractivity contribution is 5.65. The highest BCUT2D eigenvalue weighted by Crippen LogP contribution is 2.27. The Morgan fingerprint density at radius 1 is 1.37 bits per heavy atom. The molecule has 0 aliphatic rings. The van der Waals surface area contributed by atoms with Crippen LogP contribution in [0.2, 0.25) is 0 Å². The van der Waals surface area contributed by atoms with Crippen LogP contribution in [0.3, 0.4) is 0 Å². The third kappa shape index (κ3) is 3.19. The van der Waals surface area contributed by atoms with Crippen LogP contribution in [0.4, 0.5) is 17.2 Å². The quantitative estimate of drug-likeness (QED) is 0.659. The number of nitrogens with one attached hydrogen (secondary N) is 1. The van der Waals surface area contributed by atoms with E-state index in [1.54, 1.807) is 0 Å². The molecule has 1 aromatic heterocycles. The molecular formula is C13H13N3O3. The maximum Gasteiger partial charge on any atom is 0.274 e. The number of anilines is 2. The number of pyridine rings is 1. The van der Waals surface area contributed by atoms with Crippen LogP contribution in [-0.2, 0) is 0 Å². The van der Waals surface area contributed by atoms with Gasteiger partial charge in [0.15, 0.2) is 0 Å². The van der Waals surface area contributed by atoms with Gasteiger partial charge >= 0.3 is 0 Å². The van der Waals surface area contributed by atoms with E-state index in [0.717, 1.165) is 5.69 Å². The van der Waals surface area contributed by atoms with Crippen LogP contribution in [0.1, 0.15) is 6.92 Å². The molecule has 0 amide bonds. The Morgan fingerprint density at radius 2 is 2.16 bits per heavy atom. The van der Waals surface area contributed by atoms with E-state index in [-0.39, 0.29) is 5.69 Å². The second-order valence-corrected chi connectivity index (χ2v) is 3.71. The van der Waals surface area contributed by atoms with Gasteiger partial charge in [0.1, 0.15) is 11.6 Å². The van der Waals surface area contributed by atoms with Crippen molar-refractivity contribution in [2.75, 3.05) is 11.9 Å². The van der Waals surface area contributed by atoms with Crippen molar-refractivity contribution >= 4 is 17.2 Å². The third-order valence-corrected chi connectivity index (χ3v) is 2.40. The lowest BCUT2D eigenvalue weighted by molar-refractivity contribution is -0.384. The van der Waals surface area contributed by atoms with Crippen LogP contribution in [-0.4, -0.2) is 16.5 Å². The lowest BCUT2D eigenvalue weighted by Crippen LogP contribution is -1.99. The van der Waals surface area contributed by atoms with Gasteiger partial charge in [-0.2, -0.15) is 0 Å². The Bertz CT molecular complexity index is 587. The Hall–Kier alpha value is -2.63. The van der Waals surface area contributed by atoms with Crippen molar-refractivity contribution in [1.82, 2.24) is 4.98 Å². The molecule has 1 N–H and O–H groups in total. The zero-order chi connectivity index (χ0) is 13.7. The van der Waals surface area contributed by atoms with Crippen molar-refractivity contribution in [1.29, 1.82) is 0 Å². The molecule has 19 heavy (non-hydrogen) atoms. The Balaban J connectivity index is 2.26. The van der Waals surface area contributed by atoms with Crippen molar-refractivity contribution in [2.24, 2.45) is 0 Å². The molecule has 1 aromatic carbocycles. The van der Waals surface area contributed by atoms with Crippen LogP contribution in [0.25, 0.3) is 0 Å². The second-order valence-electron chi connectivity index (χ2n) is 3.71. The fourth-order valence-electron chi connectivity index (χ4n) is 1.59. The third-order valence-electron chi connectivity index (χ3n) is 2.40. The number of rotatable bonds is 5. The van der Waals surface area contributed by atoms with Crippen molar-refractivity contribution in [2.45, 2.75) is 6.92 Å². The molecular weight excluding hydrogens is 246 g/mol. The zero-order valence-corrected chi connectivity index (χ0v) is 10.4. The number of ether oxygens (including phenoxy) is 1. The molecule has 0 atom stereocenters. The number of para-hydroxylation sites is 2. The number of benzene rings is 1. The van der Waals surface area contributed by atoms with Gasteiger partial charge in [-0.05, 0) is 19.1 Å². The van der Waals surface area contributed by atoms with Crippen LogP contribution in [0.15, 0.2) is 42.6 Å². The molecule has 0 bridgehead atoms. The monoisotopic (exact) mass is 259 g/mol. The fourth-order valence-corrected chi connectivity index (χ4v) is 1.59. The summed E-state index contributed by atoms with van der Waals surface area (Å²) in [7, 11) is 0. The smallest absolute Gasteiger partial charge is 0.274 e. The Labute approximate surface area is 110 Å². The summed E-state index contributed by atoms with van der Waals surface area (Å²) in [6.07, 6.45) is 1.39. The molecule has 0 spiro atoms. The lowest BCUT2D eigenvalue weighted by Gasteiger charge is -2.11. The fraction of sp³-hybridized carbons (Fsp3) is 0.154. The molecule has 2 rings (SSSR count). The first-order valence-corrected chi connectivity index (χ1v) is 5.80. The summed E-state index contributed by atoms with van der Waals surface area (Å²) in [6, 6.07) is 10.1. The van der Waals surface area contributed by atoms with Crippen molar-refractivity contribution in [3.63, 3.8) is 0 Å². The van der Waals surface area contributed by atoms with Crippen molar-refractivity contribution < 1.29 is 9.66 Å². The standard InChI is InChI=1S/C13H13N3O3/c1-2-19-12-6-4-3-5-11(12)15-13-9-10(16(17)18)7-8-14-13/h3-9H,2H2,1H3,(H,14,15). The molecule has 0 saturated carbocycles. The van der Waals surface area contributed by atoms with E-state index in [0.29, 0.717) is 18.2 Å². The molecule has 0 aliphatic heterocycles. The van der Waals surface area contributed by atoms with E-state index in [1.807, 2.05) is 31.2 Å². The van der Waals surface area contributed by atoms with E-state index >= 15 is 0 Å². The molecule has 2 aromatic rings. The number of hydrogen-bond donors (Lipinski definition) is 1. The average Bonchev–Trinajstić information content (AvgIpc) is 2.41. The van der Waals surface area contributed by atoms with E-state index in [4.69, 9.17) is 4.74 Å². The number of nitrogens with zero attached hydrogens (tertiary/aromatic N) is 2. The van der Waals surface area contributed by atoms with Crippen LogP contribution < -0.4 is 10.1 Å². The van der Waals surface area contributed by atoms with Gasteiger partial charge in [-0.15, -0.1) is 0 Å². The summed E-state index contributed by atoms with van der Waals surface area (Å²) in [4.78, 5) is 14.3. The van der Waals surface area contributed by atoms with E-state index in [2.05, 4.69) is 10.3 Å². The van der Waals surface area contributed by atoms with Crippen molar-refractivity contribution in [3.05, 3.63) is 52.7 Å². The molecule has 6 nitrogen and oxygen atoms in total. The van der Waals surface area contributed by atoms with Gasteiger partial charge in [0.05, 0.1) is 23.3 Å². The first-order chi connectivity index (χ1) is 9.20.